The van der Waals surface area contributed by atoms with E-state index in [0.29, 0.717) is 30.1 Å². The van der Waals surface area contributed by atoms with Gasteiger partial charge >= 0.3 is 0 Å². The fourth-order valence-electron chi connectivity index (χ4n) is 1.11. The highest BCUT2D eigenvalue weighted by Gasteiger charge is 2.04. The van der Waals surface area contributed by atoms with Gasteiger partial charge < -0.3 is 4.74 Å². The first kappa shape index (κ1) is 11.4. The molecule has 0 aliphatic heterocycles. The van der Waals surface area contributed by atoms with Crippen LogP contribution in [0.2, 0.25) is 0 Å². The maximum absolute atomic E-state index is 11.6. The van der Waals surface area contributed by atoms with Crippen LogP contribution in [0.15, 0.2) is 15.5 Å². The van der Waals surface area contributed by atoms with E-state index in [2.05, 4.69) is 20.9 Å². The van der Waals surface area contributed by atoms with Gasteiger partial charge in [0.2, 0.25) is 0 Å². The second kappa shape index (κ2) is 5.26. The molecule has 1 heterocycles. The van der Waals surface area contributed by atoms with Crippen LogP contribution < -0.4 is 5.56 Å². The van der Waals surface area contributed by atoms with E-state index in [9.17, 15) is 4.79 Å². The number of hydrogen-bond acceptors (Lipinski definition) is 3. The summed E-state index contributed by atoms with van der Waals surface area (Å²) in [5, 5.41) is 0. The highest BCUT2D eigenvalue weighted by molar-refractivity contribution is 9.10. The normalized spacial score (nSPS) is 10.5. The highest BCUT2D eigenvalue weighted by atomic mass is 79.9. The van der Waals surface area contributed by atoms with E-state index in [1.807, 2.05) is 6.92 Å². The third-order valence-corrected chi connectivity index (χ3v) is 2.41. The molecule has 0 bridgehead atoms. The molecule has 0 atom stereocenters. The number of rotatable bonds is 4. The number of aromatic nitrogens is 2. The Morgan fingerprint density at radius 2 is 2.36 bits per heavy atom. The topological polar surface area (TPSA) is 44.1 Å². The van der Waals surface area contributed by atoms with Crippen LogP contribution in [0.25, 0.3) is 0 Å². The zero-order valence-electron chi connectivity index (χ0n) is 8.29. The third kappa shape index (κ3) is 2.65. The van der Waals surface area contributed by atoms with Gasteiger partial charge in [0.15, 0.2) is 0 Å². The third-order valence-electron chi connectivity index (χ3n) is 1.87. The van der Waals surface area contributed by atoms with Crippen LogP contribution in [0.5, 0.6) is 0 Å². The molecular formula is C9H13BrN2O2. The maximum Gasteiger partial charge on any atom is 0.267 e. The first-order valence-corrected chi connectivity index (χ1v) is 5.25. The Morgan fingerprint density at radius 3 is 3.00 bits per heavy atom. The fourth-order valence-corrected chi connectivity index (χ4v) is 1.43. The molecular weight excluding hydrogens is 248 g/mol. The van der Waals surface area contributed by atoms with Crippen LogP contribution >= 0.6 is 15.9 Å². The minimum absolute atomic E-state index is 0.0581. The Hall–Kier alpha value is -0.680. The number of ether oxygens (including phenoxy) is 1. The van der Waals surface area contributed by atoms with Crippen molar-refractivity contribution in [1.82, 2.24) is 9.55 Å². The van der Waals surface area contributed by atoms with E-state index < -0.39 is 0 Å². The van der Waals surface area contributed by atoms with Gasteiger partial charge in [0.05, 0.1) is 13.2 Å². The van der Waals surface area contributed by atoms with Gasteiger partial charge in [-0.15, -0.1) is 0 Å². The molecule has 1 aromatic rings. The van der Waals surface area contributed by atoms with E-state index in [1.165, 1.54) is 6.20 Å². The summed E-state index contributed by atoms with van der Waals surface area (Å²) < 4.78 is 7.27. The van der Waals surface area contributed by atoms with Crippen molar-refractivity contribution in [2.24, 2.45) is 0 Å². The van der Waals surface area contributed by atoms with Crippen molar-refractivity contribution in [1.29, 1.82) is 0 Å². The Kier molecular flexibility index (Phi) is 4.28. The summed E-state index contributed by atoms with van der Waals surface area (Å²) in [6.45, 7) is 5.48. The van der Waals surface area contributed by atoms with Crippen LogP contribution in [0, 0.1) is 6.92 Å². The molecule has 0 saturated heterocycles. The molecule has 0 aliphatic rings. The Bertz CT molecular complexity index is 362. The summed E-state index contributed by atoms with van der Waals surface area (Å²) in [5.74, 6) is 0.706. The van der Waals surface area contributed by atoms with Crippen LogP contribution in [0.1, 0.15) is 12.7 Å². The predicted octanol–water partition coefficient (Wildman–Crippen LogP) is 1.35. The molecule has 0 saturated carbocycles. The molecule has 5 heteroatoms. The molecule has 0 spiro atoms. The van der Waals surface area contributed by atoms with E-state index in [1.54, 1.807) is 11.5 Å². The molecule has 0 fully saturated rings. The van der Waals surface area contributed by atoms with Crippen LogP contribution in [-0.4, -0.2) is 22.8 Å². The lowest BCUT2D eigenvalue weighted by atomic mass is 10.5. The van der Waals surface area contributed by atoms with Gasteiger partial charge in [0.1, 0.15) is 10.3 Å². The fraction of sp³-hybridized carbons (Fsp3) is 0.556. The molecule has 14 heavy (non-hydrogen) atoms. The van der Waals surface area contributed by atoms with Crippen LogP contribution in [0.3, 0.4) is 0 Å². The molecule has 0 aliphatic carbocycles. The van der Waals surface area contributed by atoms with Crippen molar-refractivity contribution in [2.75, 3.05) is 13.2 Å². The standard InChI is InChI=1S/C9H13BrN2O2/c1-3-14-5-4-12-7(2)11-6-8(10)9(12)13/h6H,3-5H2,1-2H3. The molecule has 0 unspecified atom stereocenters. The van der Waals surface area contributed by atoms with Crippen LogP contribution in [0.4, 0.5) is 0 Å². The van der Waals surface area contributed by atoms with Crippen molar-refractivity contribution in [3.8, 4) is 0 Å². The lowest BCUT2D eigenvalue weighted by Crippen LogP contribution is -2.26. The summed E-state index contributed by atoms with van der Waals surface area (Å²) in [4.78, 5) is 15.7. The maximum atomic E-state index is 11.6. The Morgan fingerprint density at radius 1 is 1.64 bits per heavy atom. The minimum atomic E-state index is -0.0581. The first-order valence-electron chi connectivity index (χ1n) is 4.46. The number of aryl methyl sites for hydroxylation is 1. The lowest BCUT2D eigenvalue weighted by molar-refractivity contribution is 0.137. The van der Waals surface area contributed by atoms with Crippen molar-refractivity contribution in [3.63, 3.8) is 0 Å². The smallest absolute Gasteiger partial charge is 0.267 e. The first-order chi connectivity index (χ1) is 6.66. The summed E-state index contributed by atoms with van der Waals surface area (Å²) in [7, 11) is 0. The van der Waals surface area contributed by atoms with Crippen molar-refractivity contribution in [3.05, 3.63) is 26.8 Å². The summed E-state index contributed by atoms with van der Waals surface area (Å²) in [5.41, 5.74) is -0.0581. The van der Waals surface area contributed by atoms with Gasteiger partial charge in [0, 0.05) is 12.8 Å². The molecule has 1 aromatic heterocycles. The van der Waals surface area contributed by atoms with Crippen molar-refractivity contribution in [2.45, 2.75) is 20.4 Å². The van der Waals surface area contributed by atoms with Gasteiger partial charge in [0.25, 0.3) is 5.56 Å². The highest BCUT2D eigenvalue weighted by Crippen LogP contribution is 2.01. The van der Waals surface area contributed by atoms with Gasteiger partial charge in [-0.05, 0) is 29.8 Å². The van der Waals surface area contributed by atoms with Gasteiger partial charge in [-0.25, -0.2) is 4.98 Å². The van der Waals surface area contributed by atoms with E-state index in [4.69, 9.17) is 4.74 Å². The molecule has 0 N–H and O–H groups in total. The van der Waals surface area contributed by atoms with Gasteiger partial charge in [-0.3, -0.25) is 9.36 Å². The zero-order chi connectivity index (χ0) is 10.6. The number of halogens is 1. The molecule has 0 amide bonds. The Labute approximate surface area is 91.0 Å². The van der Waals surface area contributed by atoms with Crippen LogP contribution in [-0.2, 0) is 11.3 Å². The molecule has 0 radical (unpaired) electrons. The second-order valence-electron chi connectivity index (χ2n) is 2.81. The van der Waals surface area contributed by atoms with E-state index >= 15 is 0 Å². The monoisotopic (exact) mass is 260 g/mol. The predicted molar refractivity (Wildman–Crippen MR) is 57.4 cm³/mol. The second-order valence-corrected chi connectivity index (χ2v) is 3.66. The van der Waals surface area contributed by atoms with Crippen molar-refractivity contribution < 1.29 is 4.74 Å². The summed E-state index contributed by atoms with van der Waals surface area (Å²) in [6, 6.07) is 0. The average molecular weight is 261 g/mol. The Balaban J connectivity index is 2.84. The molecule has 1 rings (SSSR count). The number of hydrogen-bond donors (Lipinski definition) is 0. The van der Waals surface area contributed by atoms with Gasteiger partial charge in [-0.1, -0.05) is 0 Å². The summed E-state index contributed by atoms with van der Waals surface area (Å²) in [6.07, 6.45) is 1.52. The zero-order valence-corrected chi connectivity index (χ0v) is 9.87. The largest absolute Gasteiger partial charge is 0.380 e. The average Bonchev–Trinajstić information content (AvgIpc) is 2.18. The summed E-state index contributed by atoms with van der Waals surface area (Å²) >= 11 is 3.15. The van der Waals surface area contributed by atoms with E-state index in [-0.39, 0.29) is 5.56 Å². The van der Waals surface area contributed by atoms with E-state index in [0.717, 1.165) is 0 Å². The SMILES string of the molecule is CCOCCn1c(C)ncc(Br)c1=O. The molecule has 0 aromatic carbocycles. The number of nitrogens with zero attached hydrogens (tertiary/aromatic N) is 2. The minimum Gasteiger partial charge on any atom is -0.380 e. The lowest BCUT2D eigenvalue weighted by Gasteiger charge is -2.08. The molecule has 4 nitrogen and oxygen atoms in total. The van der Waals surface area contributed by atoms with Gasteiger partial charge in [-0.2, -0.15) is 0 Å². The quantitative estimate of drug-likeness (QED) is 0.768. The molecule has 78 valence electrons. The van der Waals surface area contributed by atoms with Crippen molar-refractivity contribution >= 4 is 15.9 Å².